The van der Waals surface area contributed by atoms with Gasteiger partial charge in [-0.15, -0.1) is 0 Å². The summed E-state index contributed by atoms with van der Waals surface area (Å²) in [4.78, 5) is 23.5. The van der Waals surface area contributed by atoms with E-state index >= 15 is 0 Å². The number of hydrazone groups is 1. The third-order valence-corrected chi connectivity index (χ3v) is 1.84. The molecule has 0 saturated carbocycles. The van der Waals surface area contributed by atoms with E-state index in [0.717, 1.165) is 0 Å². The van der Waals surface area contributed by atoms with Gasteiger partial charge in [0, 0.05) is 28.2 Å². The van der Waals surface area contributed by atoms with Gasteiger partial charge in [-0.2, -0.15) is 5.10 Å². The van der Waals surface area contributed by atoms with Crippen LogP contribution in [-0.4, -0.2) is 61.6 Å². The predicted octanol–water partition coefficient (Wildman–Crippen LogP) is 0.538. The van der Waals surface area contributed by atoms with Gasteiger partial charge in [0.15, 0.2) is 5.82 Å². The molecule has 0 saturated heterocycles. The molecule has 0 unspecified atom stereocenters. The highest BCUT2D eigenvalue weighted by Crippen LogP contribution is 2.07. The average Bonchev–Trinajstić information content (AvgIpc) is 2.36. The number of amides is 1. The quantitative estimate of drug-likeness (QED) is 0.477. The first-order chi connectivity index (χ1) is 8.99. The summed E-state index contributed by atoms with van der Waals surface area (Å²) in [7, 11) is 7.33. The molecule has 1 aromatic rings. The van der Waals surface area contributed by atoms with E-state index in [2.05, 4.69) is 20.5 Å². The summed E-state index contributed by atoms with van der Waals surface area (Å²) in [6, 6.07) is 5.05. The third kappa shape index (κ3) is 5.62. The predicted molar refractivity (Wildman–Crippen MR) is 75.7 cm³/mol. The van der Waals surface area contributed by atoms with Crippen molar-refractivity contribution in [3.8, 4) is 0 Å². The van der Waals surface area contributed by atoms with Crippen molar-refractivity contribution in [3.05, 3.63) is 23.9 Å². The zero-order chi connectivity index (χ0) is 14.3. The minimum atomic E-state index is -0.375. The minimum absolute atomic E-state index is 0.268. The van der Waals surface area contributed by atoms with Crippen molar-refractivity contribution in [2.75, 3.05) is 28.2 Å². The molecule has 0 aliphatic carbocycles. The van der Waals surface area contributed by atoms with Gasteiger partial charge in [0.2, 0.25) is 0 Å². The van der Waals surface area contributed by atoms with Crippen molar-refractivity contribution in [3.63, 3.8) is 0 Å². The number of nitrogens with zero attached hydrogens (tertiary/aromatic N) is 5. The first-order valence-corrected chi connectivity index (χ1v) is 5.66. The Bertz CT molecular complexity index is 481. The van der Waals surface area contributed by atoms with Crippen LogP contribution in [0.4, 0.5) is 5.82 Å². The van der Waals surface area contributed by atoms with Crippen LogP contribution >= 0.6 is 0 Å². The second kappa shape index (κ2) is 7.10. The molecule has 7 nitrogen and oxygen atoms in total. The van der Waals surface area contributed by atoms with Crippen LogP contribution in [0.25, 0.3) is 0 Å². The average molecular weight is 262 g/mol. The van der Waals surface area contributed by atoms with E-state index in [4.69, 9.17) is 0 Å². The molecule has 1 amide bonds. The summed E-state index contributed by atoms with van der Waals surface area (Å²) < 4.78 is 0. The highest BCUT2D eigenvalue weighted by Gasteiger charge is 2.06. The lowest BCUT2D eigenvalue weighted by Gasteiger charge is -2.04. The fourth-order valence-electron chi connectivity index (χ4n) is 1.06. The van der Waals surface area contributed by atoms with Gasteiger partial charge in [-0.05, 0) is 12.1 Å². The molecule has 0 bridgehead atoms. The second-order valence-corrected chi connectivity index (χ2v) is 4.24. The van der Waals surface area contributed by atoms with Gasteiger partial charge in [-0.25, -0.2) is 15.4 Å². The molecular weight excluding hydrogens is 244 g/mol. The van der Waals surface area contributed by atoms with E-state index < -0.39 is 0 Å². The summed E-state index contributed by atoms with van der Waals surface area (Å²) in [6.45, 7) is 0. The van der Waals surface area contributed by atoms with Gasteiger partial charge < -0.3 is 9.80 Å². The van der Waals surface area contributed by atoms with E-state index in [-0.39, 0.29) is 11.6 Å². The van der Waals surface area contributed by atoms with E-state index in [0.29, 0.717) is 5.82 Å². The molecule has 1 N–H and O–H groups in total. The van der Waals surface area contributed by atoms with Crippen molar-refractivity contribution >= 4 is 24.4 Å². The molecule has 0 fully saturated rings. The van der Waals surface area contributed by atoms with E-state index in [1.165, 1.54) is 6.34 Å². The summed E-state index contributed by atoms with van der Waals surface area (Å²) >= 11 is 0. The summed E-state index contributed by atoms with van der Waals surface area (Å²) in [5.41, 5.74) is 2.65. The van der Waals surface area contributed by atoms with E-state index in [9.17, 15) is 4.79 Å². The Morgan fingerprint density at radius 1 is 1.21 bits per heavy atom. The maximum absolute atomic E-state index is 11.7. The number of hydrogen-bond donors (Lipinski definition) is 1. The molecule has 1 rings (SSSR count). The molecule has 0 radical (unpaired) electrons. The van der Waals surface area contributed by atoms with Crippen LogP contribution in [0.2, 0.25) is 0 Å². The number of hydrogen-bond acceptors (Lipinski definition) is 4. The number of carbonyl (C=O) groups excluding carboxylic acids is 1. The number of carbonyl (C=O) groups is 1. The second-order valence-electron chi connectivity index (χ2n) is 4.24. The van der Waals surface area contributed by atoms with E-state index in [1.54, 1.807) is 34.3 Å². The molecule has 1 aromatic heterocycles. The fraction of sp³-hybridized carbons (Fsp3) is 0.333. The zero-order valence-corrected chi connectivity index (χ0v) is 11.5. The number of pyridine rings is 1. The van der Waals surface area contributed by atoms with E-state index in [1.807, 2.05) is 28.2 Å². The zero-order valence-electron chi connectivity index (χ0n) is 11.5. The fourth-order valence-corrected chi connectivity index (χ4v) is 1.06. The highest BCUT2D eigenvalue weighted by atomic mass is 16.2. The Morgan fingerprint density at radius 3 is 2.53 bits per heavy atom. The Labute approximate surface area is 112 Å². The molecule has 0 aromatic carbocycles. The molecular formula is C12H18N6O. The van der Waals surface area contributed by atoms with Crippen molar-refractivity contribution in [2.45, 2.75) is 0 Å². The lowest BCUT2D eigenvalue weighted by Crippen LogP contribution is -2.21. The standard InChI is InChI=1S/C12H18N6O/c1-17(2)8-13-11-7-5-6-10(15-11)12(19)16-14-9-18(3)4/h5-9H,1-4H3,(H,16,19)/b13-8+,14-9?. The Hall–Kier alpha value is -2.44. The van der Waals surface area contributed by atoms with Gasteiger partial charge >= 0.3 is 0 Å². The smallest absolute Gasteiger partial charge is 0.290 e. The molecule has 0 spiro atoms. The normalized spacial score (nSPS) is 10.9. The summed E-state index contributed by atoms with van der Waals surface area (Å²) in [6.07, 6.45) is 3.11. The lowest BCUT2D eigenvalue weighted by atomic mass is 10.3. The first kappa shape index (κ1) is 14.6. The largest absolute Gasteiger partial charge is 0.369 e. The van der Waals surface area contributed by atoms with Crippen LogP contribution in [0, 0.1) is 0 Å². The molecule has 1 heterocycles. The lowest BCUT2D eigenvalue weighted by molar-refractivity contribution is 0.0950. The molecule has 0 atom stereocenters. The number of rotatable bonds is 5. The maximum atomic E-state index is 11.7. The van der Waals surface area contributed by atoms with Gasteiger partial charge in [0.1, 0.15) is 12.0 Å². The van der Waals surface area contributed by atoms with Crippen LogP contribution in [0.15, 0.2) is 28.3 Å². The maximum Gasteiger partial charge on any atom is 0.290 e. The first-order valence-electron chi connectivity index (χ1n) is 5.66. The molecule has 102 valence electrons. The molecule has 0 aliphatic heterocycles. The van der Waals surface area contributed by atoms with Gasteiger partial charge in [-0.3, -0.25) is 4.79 Å². The SMILES string of the molecule is CN(C)C=NNC(=O)c1cccc(/N=C/N(C)C)n1. The molecule has 0 aliphatic rings. The van der Waals surface area contributed by atoms with Crippen molar-refractivity contribution in [2.24, 2.45) is 10.1 Å². The summed E-state index contributed by atoms with van der Waals surface area (Å²) in [5.74, 6) is 0.0953. The van der Waals surface area contributed by atoms with Crippen LogP contribution < -0.4 is 5.43 Å². The topological polar surface area (TPSA) is 73.2 Å². The number of aromatic nitrogens is 1. The molecule has 19 heavy (non-hydrogen) atoms. The highest BCUT2D eigenvalue weighted by molar-refractivity contribution is 5.92. The van der Waals surface area contributed by atoms with Gasteiger partial charge in [0.25, 0.3) is 5.91 Å². The van der Waals surface area contributed by atoms with Crippen molar-refractivity contribution < 1.29 is 4.79 Å². The number of nitrogens with one attached hydrogen (secondary N) is 1. The van der Waals surface area contributed by atoms with Crippen LogP contribution in [0.1, 0.15) is 10.5 Å². The van der Waals surface area contributed by atoms with Gasteiger partial charge in [0.05, 0.1) is 6.34 Å². The Kier molecular flexibility index (Phi) is 5.46. The minimum Gasteiger partial charge on any atom is -0.369 e. The molecule has 7 heteroatoms. The summed E-state index contributed by atoms with van der Waals surface area (Å²) in [5, 5.41) is 3.77. The van der Waals surface area contributed by atoms with Crippen LogP contribution in [0.3, 0.4) is 0 Å². The third-order valence-electron chi connectivity index (χ3n) is 1.84. The monoisotopic (exact) mass is 262 g/mol. The number of aliphatic imine (C=N–C) groups is 1. The van der Waals surface area contributed by atoms with Crippen LogP contribution in [0.5, 0.6) is 0 Å². The van der Waals surface area contributed by atoms with Crippen molar-refractivity contribution in [1.29, 1.82) is 0 Å². The Morgan fingerprint density at radius 2 is 1.89 bits per heavy atom. The van der Waals surface area contributed by atoms with Crippen LogP contribution in [-0.2, 0) is 0 Å². The Balaban J connectivity index is 2.73. The van der Waals surface area contributed by atoms with Gasteiger partial charge in [-0.1, -0.05) is 6.07 Å². The van der Waals surface area contributed by atoms with Crippen molar-refractivity contribution in [1.82, 2.24) is 20.2 Å².